The van der Waals surface area contributed by atoms with Crippen molar-refractivity contribution in [2.24, 2.45) is 5.14 Å². The molecule has 0 fully saturated rings. The highest BCUT2D eigenvalue weighted by atomic mass is 35.5. The third-order valence-corrected chi connectivity index (χ3v) is 4.08. The van der Waals surface area contributed by atoms with E-state index < -0.39 is 21.8 Å². The summed E-state index contributed by atoms with van der Waals surface area (Å²) in [7, 11) is -4.09. The molecular formula is C13H9ClF3NO2S. The van der Waals surface area contributed by atoms with E-state index in [2.05, 4.69) is 0 Å². The predicted octanol–water partition coefficient (Wildman–Crippen LogP) is 3.67. The van der Waals surface area contributed by atoms with Crippen molar-refractivity contribution in [2.45, 2.75) is 11.1 Å². The Morgan fingerprint density at radius 2 is 1.62 bits per heavy atom. The lowest BCUT2D eigenvalue weighted by Gasteiger charge is -2.13. The van der Waals surface area contributed by atoms with Crippen molar-refractivity contribution in [3.63, 3.8) is 0 Å². The lowest BCUT2D eigenvalue weighted by Crippen LogP contribution is -2.13. The molecule has 0 radical (unpaired) electrons. The van der Waals surface area contributed by atoms with Crippen molar-refractivity contribution in [1.82, 2.24) is 0 Å². The SMILES string of the molecule is NS(=O)(=O)c1ccccc1-c1cc(C(F)(F)F)ccc1Cl. The molecule has 0 unspecified atom stereocenters. The molecule has 0 saturated heterocycles. The van der Waals surface area contributed by atoms with Gasteiger partial charge in [-0.2, -0.15) is 13.2 Å². The highest BCUT2D eigenvalue weighted by Crippen LogP contribution is 2.37. The van der Waals surface area contributed by atoms with Crippen LogP contribution in [0.2, 0.25) is 5.02 Å². The number of primary sulfonamides is 1. The van der Waals surface area contributed by atoms with Gasteiger partial charge in [-0.3, -0.25) is 0 Å². The molecule has 2 aromatic carbocycles. The molecule has 0 heterocycles. The lowest BCUT2D eigenvalue weighted by atomic mass is 10.0. The van der Waals surface area contributed by atoms with Crippen molar-refractivity contribution in [3.05, 3.63) is 53.1 Å². The number of halogens is 4. The zero-order valence-corrected chi connectivity index (χ0v) is 11.9. The van der Waals surface area contributed by atoms with Gasteiger partial charge in [0, 0.05) is 16.1 Å². The number of alkyl halides is 3. The second-order valence-corrected chi connectivity index (χ2v) is 6.17. The summed E-state index contributed by atoms with van der Waals surface area (Å²) in [6, 6.07) is 8.16. The predicted molar refractivity (Wildman–Crippen MR) is 73.3 cm³/mol. The fourth-order valence-electron chi connectivity index (χ4n) is 1.85. The van der Waals surface area contributed by atoms with Crippen LogP contribution in [0, 0.1) is 0 Å². The van der Waals surface area contributed by atoms with Gasteiger partial charge in [0.05, 0.1) is 10.5 Å². The summed E-state index contributed by atoms with van der Waals surface area (Å²) in [5.74, 6) is 0. The molecule has 0 saturated carbocycles. The lowest BCUT2D eigenvalue weighted by molar-refractivity contribution is -0.137. The van der Waals surface area contributed by atoms with Crippen molar-refractivity contribution in [3.8, 4) is 11.1 Å². The Bertz CT molecular complexity index is 788. The molecule has 3 nitrogen and oxygen atoms in total. The number of benzene rings is 2. The van der Waals surface area contributed by atoms with Gasteiger partial charge in [-0.25, -0.2) is 13.6 Å². The maximum atomic E-state index is 12.8. The van der Waals surface area contributed by atoms with Gasteiger partial charge in [0.2, 0.25) is 10.0 Å². The van der Waals surface area contributed by atoms with Crippen LogP contribution in [0.25, 0.3) is 11.1 Å². The average molecular weight is 336 g/mol. The van der Waals surface area contributed by atoms with E-state index >= 15 is 0 Å². The molecule has 0 spiro atoms. The summed E-state index contributed by atoms with van der Waals surface area (Å²) in [6.07, 6.45) is -4.56. The van der Waals surface area contributed by atoms with Crippen LogP contribution in [0.3, 0.4) is 0 Å². The molecule has 0 aliphatic rings. The van der Waals surface area contributed by atoms with Crippen LogP contribution in [0.15, 0.2) is 47.4 Å². The minimum Gasteiger partial charge on any atom is -0.225 e. The number of hydrogen-bond donors (Lipinski definition) is 1. The topological polar surface area (TPSA) is 60.2 Å². The van der Waals surface area contributed by atoms with Gasteiger partial charge in [-0.05, 0) is 24.3 Å². The largest absolute Gasteiger partial charge is 0.416 e. The number of rotatable bonds is 2. The summed E-state index contributed by atoms with van der Waals surface area (Å²) in [5.41, 5.74) is -0.946. The minimum absolute atomic E-state index is 0.000833. The first-order chi connectivity index (χ1) is 9.60. The maximum absolute atomic E-state index is 12.8. The molecule has 112 valence electrons. The highest BCUT2D eigenvalue weighted by molar-refractivity contribution is 7.89. The molecule has 0 aromatic heterocycles. The Morgan fingerprint density at radius 1 is 1.00 bits per heavy atom. The van der Waals surface area contributed by atoms with E-state index in [4.69, 9.17) is 16.7 Å². The van der Waals surface area contributed by atoms with Gasteiger partial charge < -0.3 is 0 Å². The van der Waals surface area contributed by atoms with E-state index in [9.17, 15) is 21.6 Å². The quantitative estimate of drug-likeness (QED) is 0.910. The molecule has 0 amide bonds. The average Bonchev–Trinajstić information content (AvgIpc) is 2.37. The smallest absolute Gasteiger partial charge is 0.225 e. The van der Waals surface area contributed by atoms with E-state index in [0.717, 1.165) is 18.2 Å². The van der Waals surface area contributed by atoms with Gasteiger partial charge in [0.25, 0.3) is 0 Å². The van der Waals surface area contributed by atoms with Crippen LogP contribution in [0.1, 0.15) is 5.56 Å². The second-order valence-electron chi connectivity index (χ2n) is 4.23. The van der Waals surface area contributed by atoms with Gasteiger partial charge in [0.15, 0.2) is 0 Å². The molecule has 2 aromatic rings. The van der Waals surface area contributed by atoms with Gasteiger partial charge in [0.1, 0.15) is 0 Å². The molecular weight excluding hydrogens is 327 g/mol. The van der Waals surface area contributed by atoms with Crippen LogP contribution < -0.4 is 5.14 Å². The van der Waals surface area contributed by atoms with Crippen molar-refractivity contribution in [1.29, 1.82) is 0 Å². The standard InChI is InChI=1S/C13H9ClF3NO2S/c14-11-6-5-8(13(15,16)17)7-10(11)9-3-1-2-4-12(9)21(18,19)20/h1-7H,(H2,18,19,20). The van der Waals surface area contributed by atoms with Crippen molar-refractivity contribution >= 4 is 21.6 Å². The Balaban J connectivity index is 2.74. The molecule has 21 heavy (non-hydrogen) atoms. The minimum atomic E-state index is -4.56. The van der Waals surface area contributed by atoms with Crippen LogP contribution in [-0.2, 0) is 16.2 Å². The molecule has 2 N–H and O–H groups in total. The fourth-order valence-corrected chi connectivity index (χ4v) is 2.82. The molecule has 0 bridgehead atoms. The summed E-state index contributed by atoms with van der Waals surface area (Å²) in [5, 5.41) is 5.07. The van der Waals surface area contributed by atoms with E-state index in [1.54, 1.807) is 0 Å². The maximum Gasteiger partial charge on any atom is 0.416 e. The van der Waals surface area contributed by atoms with Crippen LogP contribution in [0.5, 0.6) is 0 Å². The van der Waals surface area contributed by atoms with Crippen LogP contribution in [-0.4, -0.2) is 8.42 Å². The Morgan fingerprint density at radius 3 is 2.19 bits per heavy atom. The molecule has 0 aliphatic heterocycles. The van der Waals surface area contributed by atoms with E-state index in [1.165, 1.54) is 24.3 Å². The third-order valence-electron chi connectivity index (χ3n) is 2.78. The summed E-state index contributed by atoms with van der Waals surface area (Å²) in [4.78, 5) is -0.286. The van der Waals surface area contributed by atoms with E-state index in [1.807, 2.05) is 0 Å². The van der Waals surface area contributed by atoms with Gasteiger partial charge >= 0.3 is 6.18 Å². The number of nitrogens with two attached hydrogens (primary N) is 1. The zero-order valence-electron chi connectivity index (χ0n) is 10.4. The molecule has 0 atom stereocenters. The van der Waals surface area contributed by atoms with Gasteiger partial charge in [-0.1, -0.05) is 29.8 Å². The zero-order chi connectivity index (χ0) is 15.8. The van der Waals surface area contributed by atoms with Crippen molar-refractivity contribution < 1.29 is 21.6 Å². The first-order valence-electron chi connectivity index (χ1n) is 5.59. The number of sulfonamides is 1. The summed E-state index contributed by atoms with van der Waals surface area (Å²) < 4.78 is 61.4. The summed E-state index contributed by atoms with van der Waals surface area (Å²) >= 11 is 5.90. The van der Waals surface area contributed by atoms with Gasteiger partial charge in [-0.15, -0.1) is 0 Å². The van der Waals surface area contributed by atoms with Crippen LogP contribution in [0.4, 0.5) is 13.2 Å². The monoisotopic (exact) mass is 335 g/mol. The summed E-state index contributed by atoms with van der Waals surface area (Å²) in [6.45, 7) is 0. The van der Waals surface area contributed by atoms with E-state index in [0.29, 0.717) is 0 Å². The first-order valence-corrected chi connectivity index (χ1v) is 7.52. The van der Waals surface area contributed by atoms with E-state index in [-0.39, 0.29) is 21.0 Å². The van der Waals surface area contributed by atoms with Crippen LogP contribution >= 0.6 is 11.6 Å². The molecule has 2 rings (SSSR count). The number of hydrogen-bond acceptors (Lipinski definition) is 2. The fraction of sp³-hybridized carbons (Fsp3) is 0.0769. The normalized spacial score (nSPS) is 12.4. The van der Waals surface area contributed by atoms with Crippen molar-refractivity contribution in [2.75, 3.05) is 0 Å². The molecule has 8 heteroatoms. The highest BCUT2D eigenvalue weighted by Gasteiger charge is 2.31. The third kappa shape index (κ3) is 3.37. The second kappa shape index (κ2) is 5.32. The Labute approximate surface area is 124 Å². The Kier molecular flexibility index (Phi) is 4.01. The Hall–Kier alpha value is -1.57. The first kappa shape index (κ1) is 15.8. The molecule has 0 aliphatic carbocycles.